The lowest BCUT2D eigenvalue weighted by Crippen LogP contribution is -2.17. The summed E-state index contributed by atoms with van der Waals surface area (Å²) >= 11 is 1.41. The third-order valence-corrected chi connectivity index (χ3v) is 5.87. The second kappa shape index (κ2) is 8.54. The van der Waals surface area contributed by atoms with Crippen molar-refractivity contribution < 1.29 is 14.3 Å². The SMILES string of the molecule is C#CCn1c(=NC(=O)Cc2c(C)cc(C)cc2C)sc2cc(OC)c(OC)cc21. The van der Waals surface area contributed by atoms with Crippen LogP contribution in [0.5, 0.6) is 11.5 Å². The molecule has 150 valence electrons. The van der Waals surface area contributed by atoms with E-state index in [2.05, 4.69) is 30.0 Å². The summed E-state index contributed by atoms with van der Waals surface area (Å²) in [6, 6.07) is 7.92. The van der Waals surface area contributed by atoms with E-state index in [4.69, 9.17) is 15.9 Å². The fourth-order valence-electron chi connectivity index (χ4n) is 3.51. The number of rotatable bonds is 5. The number of aromatic nitrogens is 1. The number of thiazole rings is 1. The summed E-state index contributed by atoms with van der Waals surface area (Å²) in [5.41, 5.74) is 5.28. The van der Waals surface area contributed by atoms with Crippen LogP contribution in [-0.2, 0) is 17.8 Å². The number of benzene rings is 2. The first-order chi connectivity index (χ1) is 13.9. The Bertz CT molecular complexity index is 1170. The van der Waals surface area contributed by atoms with E-state index in [1.165, 1.54) is 16.9 Å². The van der Waals surface area contributed by atoms with Crippen LogP contribution in [0.25, 0.3) is 10.2 Å². The van der Waals surface area contributed by atoms with E-state index in [0.717, 1.165) is 26.9 Å². The Labute approximate surface area is 174 Å². The summed E-state index contributed by atoms with van der Waals surface area (Å²) in [6.07, 6.45) is 5.82. The molecule has 0 N–H and O–H groups in total. The van der Waals surface area contributed by atoms with E-state index < -0.39 is 0 Å². The van der Waals surface area contributed by atoms with E-state index in [-0.39, 0.29) is 12.3 Å². The lowest BCUT2D eigenvalue weighted by molar-refractivity contribution is -0.117. The molecule has 6 heteroatoms. The number of carbonyl (C=O) groups excluding carboxylic acids is 1. The quantitative estimate of drug-likeness (QED) is 0.601. The summed E-state index contributed by atoms with van der Waals surface area (Å²) in [6.45, 7) is 6.42. The number of ether oxygens (including phenoxy) is 2. The number of fused-ring (bicyclic) bond motifs is 1. The number of nitrogens with zero attached hydrogens (tertiary/aromatic N) is 2. The van der Waals surface area contributed by atoms with Crippen molar-refractivity contribution in [3.63, 3.8) is 0 Å². The Balaban J connectivity index is 2.08. The molecule has 29 heavy (non-hydrogen) atoms. The smallest absolute Gasteiger partial charge is 0.252 e. The molecule has 0 fully saturated rings. The van der Waals surface area contributed by atoms with Gasteiger partial charge in [0.25, 0.3) is 5.91 Å². The minimum absolute atomic E-state index is 0.198. The molecule has 1 amide bonds. The first kappa shape index (κ1) is 20.7. The molecule has 0 saturated carbocycles. The third-order valence-electron chi connectivity index (χ3n) is 4.83. The van der Waals surface area contributed by atoms with E-state index >= 15 is 0 Å². The fraction of sp³-hybridized carbons (Fsp3) is 0.304. The van der Waals surface area contributed by atoms with Crippen molar-refractivity contribution >= 4 is 27.5 Å². The Morgan fingerprint density at radius 3 is 2.31 bits per heavy atom. The zero-order chi connectivity index (χ0) is 21.1. The molecule has 5 nitrogen and oxygen atoms in total. The van der Waals surface area contributed by atoms with Crippen molar-refractivity contribution in [2.24, 2.45) is 4.99 Å². The van der Waals surface area contributed by atoms with Crippen LogP contribution in [-0.4, -0.2) is 24.7 Å². The molecule has 0 aliphatic carbocycles. The van der Waals surface area contributed by atoms with Gasteiger partial charge in [0.05, 0.1) is 37.4 Å². The van der Waals surface area contributed by atoms with Gasteiger partial charge in [0.1, 0.15) is 0 Å². The second-order valence-electron chi connectivity index (χ2n) is 6.91. The van der Waals surface area contributed by atoms with Gasteiger partial charge in [0.2, 0.25) is 0 Å². The van der Waals surface area contributed by atoms with Gasteiger partial charge in [-0.05, 0) is 37.5 Å². The number of hydrogen-bond acceptors (Lipinski definition) is 4. The topological polar surface area (TPSA) is 52.8 Å². The van der Waals surface area contributed by atoms with Crippen molar-refractivity contribution in [2.45, 2.75) is 33.7 Å². The number of hydrogen-bond donors (Lipinski definition) is 0. The molecule has 0 aliphatic heterocycles. The maximum Gasteiger partial charge on any atom is 0.252 e. The molecule has 0 radical (unpaired) electrons. The predicted octanol–water partition coefficient (Wildman–Crippen LogP) is 3.95. The Morgan fingerprint density at radius 1 is 1.10 bits per heavy atom. The molecule has 1 heterocycles. The second-order valence-corrected chi connectivity index (χ2v) is 7.92. The average molecular weight is 409 g/mol. The van der Waals surface area contributed by atoms with Crippen LogP contribution in [0.3, 0.4) is 0 Å². The summed E-state index contributed by atoms with van der Waals surface area (Å²) in [4.78, 5) is 17.7. The summed E-state index contributed by atoms with van der Waals surface area (Å²) in [7, 11) is 3.18. The number of amides is 1. The van der Waals surface area contributed by atoms with Crippen LogP contribution in [0.4, 0.5) is 0 Å². The van der Waals surface area contributed by atoms with Crippen molar-refractivity contribution in [3.8, 4) is 23.8 Å². The summed E-state index contributed by atoms with van der Waals surface area (Å²) in [5, 5.41) is 0. The fourth-order valence-corrected chi connectivity index (χ4v) is 4.57. The largest absolute Gasteiger partial charge is 0.493 e. The van der Waals surface area contributed by atoms with Crippen molar-refractivity contribution in [3.05, 3.63) is 51.3 Å². The van der Waals surface area contributed by atoms with Gasteiger partial charge >= 0.3 is 0 Å². The highest BCUT2D eigenvalue weighted by atomic mass is 32.1. The molecule has 3 aromatic rings. The molecule has 0 atom stereocenters. The number of methoxy groups -OCH3 is 2. The monoisotopic (exact) mass is 408 g/mol. The zero-order valence-electron chi connectivity index (χ0n) is 17.3. The van der Waals surface area contributed by atoms with Crippen LogP contribution < -0.4 is 14.3 Å². The molecule has 0 bridgehead atoms. The molecule has 0 unspecified atom stereocenters. The maximum absolute atomic E-state index is 12.8. The van der Waals surface area contributed by atoms with Gasteiger partial charge in [-0.25, -0.2) is 0 Å². The minimum Gasteiger partial charge on any atom is -0.493 e. The lowest BCUT2D eigenvalue weighted by Gasteiger charge is -2.09. The highest BCUT2D eigenvalue weighted by Crippen LogP contribution is 2.33. The third kappa shape index (κ3) is 4.20. The Hall–Kier alpha value is -3.04. The van der Waals surface area contributed by atoms with Crippen LogP contribution >= 0.6 is 11.3 Å². The highest BCUT2D eigenvalue weighted by Gasteiger charge is 2.14. The molecule has 2 aromatic carbocycles. The first-order valence-electron chi connectivity index (χ1n) is 9.21. The normalized spacial score (nSPS) is 11.5. The van der Waals surface area contributed by atoms with Crippen molar-refractivity contribution in [2.75, 3.05) is 14.2 Å². The van der Waals surface area contributed by atoms with E-state index in [1.54, 1.807) is 14.2 Å². The van der Waals surface area contributed by atoms with Crippen LogP contribution in [0, 0.1) is 33.1 Å². The van der Waals surface area contributed by atoms with Gasteiger partial charge < -0.3 is 14.0 Å². The zero-order valence-corrected chi connectivity index (χ0v) is 18.1. The maximum atomic E-state index is 12.8. The predicted molar refractivity (Wildman–Crippen MR) is 117 cm³/mol. The van der Waals surface area contributed by atoms with Gasteiger partial charge in [0.15, 0.2) is 16.3 Å². The van der Waals surface area contributed by atoms with Gasteiger partial charge in [-0.15, -0.1) is 6.42 Å². The molecule has 0 spiro atoms. The summed E-state index contributed by atoms with van der Waals surface area (Å²) in [5.74, 6) is 3.67. The van der Waals surface area contributed by atoms with Crippen LogP contribution in [0.1, 0.15) is 22.3 Å². The van der Waals surface area contributed by atoms with Crippen LogP contribution in [0.15, 0.2) is 29.3 Å². The minimum atomic E-state index is -0.198. The average Bonchev–Trinajstić information content (AvgIpc) is 2.99. The van der Waals surface area contributed by atoms with E-state index in [1.807, 2.05) is 30.5 Å². The molecule has 1 aromatic heterocycles. The Morgan fingerprint density at radius 2 is 1.72 bits per heavy atom. The van der Waals surface area contributed by atoms with Gasteiger partial charge in [-0.2, -0.15) is 4.99 Å². The van der Waals surface area contributed by atoms with Crippen molar-refractivity contribution in [1.29, 1.82) is 0 Å². The summed E-state index contributed by atoms with van der Waals surface area (Å²) < 4.78 is 13.6. The molecular weight excluding hydrogens is 384 g/mol. The van der Waals surface area contributed by atoms with Crippen LogP contribution in [0.2, 0.25) is 0 Å². The molecule has 0 saturated heterocycles. The first-order valence-corrected chi connectivity index (χ1v) is 10.0. The standard InChI is InChI=1S/C23H24N2O3S/c1-7-8-25-18-12-19(27-5)20(28-6)13-21(18)29-23(25)24-22(26)11-17-15(3)9-14(2)10-16(17)4/h1,9-10,12-13H,8,11H2,2-6H3. The van der Waals surface area contributed by atoms with Gasteiger partial charge in [0, 0.05) is 12.1 Å². The van der Waals surface area contributed by atoms with E-state index in [9.17, 15) is 4.79 Å². The number of aryl methyl sites for hydroxylation is 3. The Kier molecular flexibility index (Phi) is 6.09. The molecule has 3 rings (SSSR count). The van der Waals surface area contributed by atoms with Gasteiger partial charge in [-0.3, -0.25) is 4.79 Å². The number of terminal acetylenes is 1. The lowest BCUT2D eigenvalue weighted by atomic mass is 9.97. The number of carbonyl (C=O) groups is 1. The van der Waals surface area contributed by atoms with Crippen molar-refractivity contribution in [1.82, 2.24) is 4.57 Å². The highest BCUT2D eigenvalue weighted by molar-refractivity contribution is 7.16. The van der Waals surface area contributed by atoms with Gasteiger partial charge in [-0.1, -0.05) is 35.0 Å². The van der Waals surface area contributed by atoms with E-state index in [0.29, 0.717) is 22.8 Å². The molecular formula is C23H24N2O3S. The molecule has 0 aliphatic rings.